The first-order valence-electron chi connectivity index (χ1n) is 19.5. The van der Waals surface area contributed by atoms with E-state index in [9.17, 15) is 37.7 Å². The minimum atomic E-state index is -5.47. The molecule has 3 saturated carbocycles. The Kier molecular flexibility index (Phi) is 15.6. The van der Waals surface area contributed by atoms with Gasteiger partial charge in [0.2, 0.25) is 5.91 Å². The molecule has 1 amide bonds. The fourth-order valence-electron chi connectivity index (χ4n) is 9.59. The normalized spacial score (nSPS) is 37.9. The van der Waals surface area contributed by atoms with Crippen LogP contribution >= 0.6 is 27.0 Å². The molecule has 4 unspecified atom stereocenters. The Labute approximate surface area is 340 Å². The lowest BCUT2D eigenvalue weighted by atomic mass is 9.44. The zero-order valence-electron chi connectivity index (χ0n) is 33.0. The van der Waals surface area contributed by atoms with E-state index in [0.717, 1.165) is 37.8 Å². The van der Waals surface area contributed by atoms with Crippen molar-refractivity contribution in [1.82, 2.24) is 5.32 Å². The second kappa shape index (κ2) is 19.3. The number of fused-ring (bicyclic) bond motifs is 5. The molecule has 13 atom stereocenters. The number of carbonyl (C=O) groups is 3. The van der Waals surface area contributed by atoms with E-state index in [4.69, 9.17) is 23.3 Å². The molecule has 20 heteroatoms. The van der Waals surface area contributed by atoms with E-state index < -0.39 is 99.4 Å². The fourth-order valence-corrected chi connectivity index (χ4v) is 12.5. The minimum absolute atomic E-state index is 0.0968. The summed E-state index contributed by atoms with van der Waals surface area (Å²) in [6.07, 6.45) is 2.11. The number of ketones is 1. The third-order valence-corrected chi connectivity index (χ3v) is 15.5. The molecule has 0 aliphatic heterocycles. The number of hydrogen-bond donors (Lipinski definition) is 4. The highest BCUT2D eigenvalue weighted by molar-refractivity contribution is 7.97. The van der Waals surface area contributed by atoms with Crippen molar-refractivity contribution in [3.8, 4) is 11.8 Å². The van der Waals surface area contributed by atoms with Crippen molar-refractivity contribution in [2.45, 2.75) is 109 Å². The molecule has 3 N–H and O–H groups in total. The largest absolute Gasteiger partial charge is 0.483 e. The second-order valence-corrected chi connectivity index (χ2v) is 19.8. The molecule has 5 rings (SSSR count). The van der Waals surface area contributed by atoms with E-state index >= 15 is 8.78 Å². The van der Waals surface area contributed by atoms with Gasteiger partial charge >= 0.3 is 21.6 Å². The number of amides is 1. The smallest absolute Gasteiger partial charge is 0.458 e. The van der Waals surface area contributed by atoms with Crippen molar-refractivity contribution in [3.63, 3.8) is 0 Å². The predicted octanol–water partition coefficient (Wildman–Crippen LogP) is 6.00. The van der Waals surface area contributed by atoms with Crippen molar-refractivity contribution < 1.29 is 74.0 Å². The van der Waals surface area contributed by atoms with Gasteiger partial charge in [0.25, 0.3) is 0 Å². The molecular formula is C38H54F3NO13P2S. The quantitative estimate of drug-likeness (QED) is 0.0253. The number of thiol groups is 1. The highest BCUT2D eigenvalue weighted by atomic mass is 32.1. The van der Waals surface area contributed by atoms with Crippen molar-refractivity contribution in [1.29, 1.82) is 0 Å². The van der Waals surface area contributed by atoms with Gasteiger partial charge in [-0.15, -0.1) is 5.92 Å². The van der Waals surface area contributed by atoms with Crippen LogP contribution in [0, 0.1) is 46.3 Å². The summed E-state index contributed by atoms with van der Waals surface area (Å²) in [4.78, 5) is 58.1. The first-order chi connectivity index (χ1) is 27.3. The first-order valence-corrected chi connectivity index (χ1v) is 23.6. The van der Waals surface area contributed by atoms with Gasteiger partial charge in [0.05, 0.1) is 12.7 Å². The molecule has 0 spiro atoms. The van der Waals surface area contributed by atoms with Gasteiger partial charge in [-0.25, -0.2) is 22.3 Å². The summed E-state index contributed by atoms with van der Waals surface area (Å²) < 4.78 is 106. The molecular weight excluding hydrogens is 829 g/mol. The predicted molar refractivity (Wildman–Crippen MR) is 208 cm³/mol. The van der Waals surface area contributed by atoms with Crippen LogP contribution in [0.15, 0.2) is 23.8 Å². The maximum absolute atomic E-state index is 18.8. The number of allylic oxidation sites excluding steroid dienone is 3. The summed E-state index contributed by atoms with van der Waals surface area (Å²) in [5, 5.41) is 4.20. The molecule has 14 nitrogen and oxygen atoms in total. The molecule has 0 aromatic rings. The van der Waals surface area contributed by atoms with Crippen LogP contribution in [-0.4, -0.2) is 95.5 Å². The van der Waals surface area contributed by atoms with Crippen molar-refractivity contribution in [2.75, 3.05) is 32.6 Å². The fraction of sp³-hybridized carbons (Fsp3) is 0.737. The van der Waals surface area contributed by atoms with E-state index in [0.29, 0.717) is 24.2 Å². The summed E-state index contributed by atoms with van der Waals surface area (Å²) in [5.74, 6) is 1.53. The van der Waals surface area contributed by atoms with E-state index in [2.05, 4.69) is 21.5 Å². The number of halogens is 3. The lowest BCUT2D eigenvalue weighted by molar-refractivity contribution is -0.257. The Morgan fingerprint density at radius 3 is 2.60 bits per heavy atom. The number of hydrogen-bond acceptors (Lipinski definition) is 11. The molecule has 326 valence electrons. The summed E-state index contributed by atoms with van der Waals surface area (Å²) in [7, 11) is -10.8. The molecule has 5 aliphatic carbocycles. The zero-order valence-corrected chi connectivity index (χ0v) is 35.7. The van der Waals surface area contributed by atoms with Crippen molar-refractivity contribution in [2.24, 2.45) is 34.5 Å². The molecule has 0 saturated heterocycles. The van der Waals surface area contributed by atoms with Crippen LogP contribution in [0.25, 0.3) is 0 Å². The summed E-state index contributed by atoms with van der Waals surface area (Å²) >= 11 is 0.371. The van der Waals surface area contributed by atoms with Gasteiger partial charge in [0.1, 0.15) is 24.8 Å². The zero-order chi connectivity index (χ0) is 42.5. The average molecular weight is 884 g/mol. The summed E-state index contributed by atoms with van der Waals surface area (Å²) in [5.41, 5.74) is -5.64. The first kappa shape index (κ1) is 46.9. The number of phosphoric ester groups is 2. The van der Waals surface area contributed by atoms with Crippen molar-refractivity contribution >= 4 is 50.0 Å². The Morgan fingerprint density at radius 1 is 1.14 bits per heavy atom. The number of phosphoric acid groups is 2. The minimum Gasteiger partial charge on any atom is -0.458 e. The third-order valence-electron chi connectivity index (χ3n) is 12.3. The molecule has 0 heterocycles. The van der Waals surface area contributed by atoms with Crippen LogP contribution in [0.3, 0.4) is 0 Å². The lowest BCUT2D eigenvalue weighted by Gasteiger charge is -2.64. The van der Waals surface area contributed by atoms with Crippen LogP contribution in [0.4, 0.5) is 13.2 Å². The van der Waals surface area contributed by atoms with Gasteiger partial charge in [0, 0.05) is 30.7 Å². The highest BCUT2D eigenvalue weighted by Crippen LogP contribution is 2.71. The number of carbonyl (C=O) groups excluding carboxylic acids is 3. The summed E-state index contributed by atoms with van der Waals surface area (Å²) in [6.45, 7) is 4.27. The van der Waals surface area contributed by atoms with Gasteiger partial charge in [0.15, 0.2) is 24.4 Å². The number of ether oxygens (including phenoxy) is 3. The molecule has 0 aromatic heterocycles. The lowest BCUT2D eigenvalue weighted by Crippen LogP contribution is -2.73. The SMILES string of the molecule is CCC(=O)OC1[C@@H]2[C@@H]3C[C@@H](C)[C@@H](C=[SH]CF)[C@@]3(C)C[C@H](OCOP(=O)(O)OP(=O)(O)OCCNC(=O)COC3C#CCCCCC3)[C@]2(F)[C@@]2(C)C=CC(=O)C=C2[C@@H]1F. The second-order valence-electron chi connectivity index (χ2n) is 15.9. The summed E-state index contributed by atoms with van der Waals surface area (Å²) in [6, 6.07) is -0.674. The van der Waals surface area contributed by atoms with Gasteiger partial charge < -0.3 is 29.3 Å². The number of nitrogens with one attached hydrogen (secondary N) is 1. The maximum Gasteiger partial charge on any atom is 0.483 e. The van der Waals surface area contributed by atoms with Gasteiger partial charge in [-0.1, -0.05) is 44.6 Å². The molecule has 5 aliphatic rings. The van der Waals surface area contributed by atoms with Crippen LogP contribution in [0.5, 0.6) is 0 Å². The Balaban J connectivity index is 1.29. The standard InChI is InChI=1S/C38H54F3NO13P2S/c1-5-32(45)54-35-33-27-17-24(2)29(21-58-22-39)36(27,3)19-30(38(33,41)37(4)14-13-25(43)18-28(37)34(35)40)51-23-53-57(48,49)55-56(46,47)52-16-15-42-31(44)20-50-26-11-9-7-6-8-10-12-26/h13-14,18,21,24,26-27,29-30,33-35,58H,5-9,11,15-17,19-20,22-23H2,1-4H3,(H,42,44)(H,46,47)(H,48,49)/t24-,26?,27+,29-,30+,33+,34+,35?,36+,37+,38-/m1/s1. The van der Waals surface area contributed by atoms with Crippen LogP contribution in [0.2, 0.25) is 0 Å². The number of rotatable bonds is 17. The third kappa shape index (κ3) is 10.1. The number of alkyl halides is 3. The molecule has 0 bridgehead atoms. The molecule has 0 aromatic carbocycles. The maximum atomic E-state index is 18.8. The van der Waals surface area contributed by atoms with Crippen LogP contribution in [-0.2, 0) is 51.1 Å². The van der Waals surface area contributed by atoms with Gasteiger partial charge in [-0.3, -0.25) is 23.4 Å². The topological polar surface area (TPSA) is 193 Å². The van der Waals surface area contributed by atoms with Gasteiger partial charge in [-0.05, 0) is 79.9 Å². The molecule has 3 fully saturated rings. The van der Waals surface area contributed by atoms with E-state index in [-0.39, 0.29) is 49.5 Å². The molecule has 58 heavy (non-hydrogen) atoms. The van der Waals surface area contributed by atoms with Gasteiger partial charge in [-0.2, -0.15) is 15.7 Å². The highest BCUT2D eigenvalue weighted by Gasteiger charge is 2.76. The van der Waals surface area contributed by atoms with Crippen molar-refractivity contribution in [3.05, 3.63) is 23.8 Å². The monoisotopic (exact) mass is 883 g/mol. The van der Waals surface area contributed by atoms with E-state index in [1.54, 1.807) is 5.37 Å². The Hall–Kier alpha value is -2.16. The number of esters is 1. The Morgan fingerprint density at radius 2 is 1.88 bits per heavy atom. The Bertz CT molecular complexity index is 1810. The molecule has 0 radical (unpaired) electrons. The van der Waals surface area contributed by atoms with Crippen LogP contribution < -0.4 is 5.32 Å². The average Bonchev–Trinajstić information content (AvgIpc) is 3.39. The van der Waals surface area contributed by atoms with Crippen LogP contribution in [0.1, 0.15) is 79.1 Å². The van der Waals surface area contributed by atoms with E-state index in [1.165, 1.54) is 19.9 Å². The van der Waals surface area contributed by atoms with E-state index in [1.807, 2.05) is 13.8 Å².